The van der Waals surface area contributed by atoms with Crippen molar-refractivity contribution in [1.29, 1.82) is 0 Å². The Morgan fingerprint density at radius 1 is 1.14 bits per heavy atom. The number of sulfonamides is 1. The van der Waals surface area contributed by atoms with Gasteiger partial charge in [-0.05, 0) is 88.2 Å². The summed E-state index contributed by atoms with van der Waals surface area (Å²) in [6.45, 7) is 5.72. The van der Waals surface area contributed by atoms with Crippen LogP contribution >= 0.6 is 0 Å². The van der Waals surface area contributed by atoms with Gasteiger partial charge in [0.25, 0.3) is 0 Å². The van der Waals surface area contributed by atoms with Crippen LogP contribution in [-0.2, 0) is 14.8 Å². The van der Waals surface area contributed by atoms with Gasteiger partial charge in [-0.1, -0.05) is 29.8 Å². The van der Waals surface area contributed by atoms with Crippen LogP contribution in [0.5, 0.6) is 0 Å². The molecular formula is C23H33NO4S. The monoisotopic (exact) mass is 419 g/mol. The topological polar surface area (TPSA) is 83.5 Å². The molecule has 0 unspecified atom stereocenters. The number of carboxylic acids is 1. The number of nitrogens with one attached hydrogen (secondary N) is 1. The van der Waals surface area contributed by atoms with E-state index in [1.54, 1.807) is 0 Å². The van der Waals surface area contributed by atoms with Crippen LogP contribution in [0.15, 0.2) is 29.2 Å². The third-order valence-electron chi connectivity index (χ3n) is 6.59. The van der Waals surface area contributed by atoms with E-state index in [1.165, 1.54) is 6.42 Å². The predicted octanol–water partition coefficient (Wildman–Crippen LogP) is 4.51. The predicted molar refractivity (Wildman–Crippen MR) is 114 cm³/mol. The van der Waals surface area contributed by atoms with Gasteiger partial charge in [0.2, 0.25) is 10.0 Å². The molecule has 2 fully saturated rings. The van der Waals surface area contributed by atoms with E-state index in [1.807, 2.05) is 32.9 Å². The zero-order chi connectivity index (χ0) is 21.2. The molecule has 0 heterocycles. The highest BCUT2D eigenvalue weighted by molar-refractivity contribution is 7.89. The van der Waals surface area contributed by atoms with E-state index in [4.69, 9.17) is 5.11 Å². The van der Waals surface area contributed by atoms with Gasteiger partial charge in [-0.15, -0.1) is 0 Å². The fourth-order valence-electron chi connectivity index (χ4n) is 5.50. The van der Waals surface area contributed by atoms with Gasteiger partial charge in [0.15, 0.2) is 0 Å². The molecular weight excluding hydrogens is 386 g/mol. The number of hydrogen-bond acceptors (Lipinski definition) is 3. The highest BCUT2D eigenvalue weighted by Crippen LogP contribution is 2.50. The van der Waals surface area contributed by atoms with E-state index in [0.29, 0.717) is 29.1 Å². The molecule has 5 nitrogen and oxygen atoms in total. The van der Waals surface area contributed by atoms with Crippen molar-refractivity contribution in [3.05, 3.63) is 41.0 Å². The summed E-state index contributed by atoms with van der Waals surface area (Å²) in [5.74, 6) is 0.566. The number of carboxylic acid groups (broad SMARTS) is 1. The van der Waals surface area contributed by atoms with Crippen LogP contribution in [0.1, 0.15) is 61.6 Å². The van der Waals surface area contributed by atoms with Crippen molar-refractivity contribution in [3.8, 4) is 0 Å². The molecule has 2 N–H and O–H groups in total. The number of benzene rings is 1. The average Bonchev–Trinajstić information content (AvgIpc) is 3.18. The van der Waals surface area contributed by atoms with Crippen molar-refractivity contribution >= 4 is 16.0 Å². The maximum Gasteiger partial charge on any atom is 0.303 e. The van der Waals surface area contributed by atoms with E-state index in [2.05, 4.69) is 16.9 Å². The molecule has 29 heavy (non-hydrogen) atoms. The van der Waals surface area contributed by atoms with Crippen molar-refractivity contribution < 1.29 is 18.3 Å². The smallest absolute Gasteiger partial charge is 0.303 e. The molecule has 6 heteroatoms. The van der Waals surface area contributed by atoms with Gasteiger partial charge in [0, 0.05) is 12.5 Å². The van der Waals surface area contributed by atoms with Gasteiger partial charge in [0.05, 0.1) is 4.90 Å². The molecule has 2 saturated carbocycles. The van der Waals surface area contributed by atoms with Gasteiger partial charge in [0.1, 0.15) is 0 Å². The number of fused-ring (bicyclic) bond motifs is 2. The summed E-state index contributed by atoms with van der Waals surface area (Å²) in [6, 6.07) is 3.85. The van der Waals surface area contributed by atoms with Gasteiger partial charge < -0.3 is 5.11 Å². The van der Waals surface area contributed by atoms with E-state index in [9.17, 15) is 13.2 Å². The second-order valence-corrected chi connectivity index (χ2v) is 10.5. The second-order valence-electron chi connectivity index (χ2n) is 8.87. The third-order valence-corrected chi connectivity index (χ3v) is 8.35. The highest BCUT2D eigenvalue weighted by Gasteiger charge is 2.48. The van der Waals surface area contributed by atoms with Gasteiger partial charge in [-0.25, -0.2) is 13.1 Å². The van der Waals surface area contributed by atoms with Crippen LogP contribution in [0.4, 0.5) is 0 Å². The second kappa shape index (κ2) is 9.00. The first-order chi connectivity index (χ1) is 13.7. The van der Waals surface area contributed by atoms with Gasteiger partial charge in [-0.2, -0.15) is 0 Å². The quantitative estimate of drug-likeness (QED) is 0.456. The maximum absolute atomic E-state index is 13.3. The zero-order valence-electron chi connectivity index (χ0n) is 17.6. The fraction of sp³-hybridized carbons (Fsp3) is 0.609. The van der Waals surface area contributed by atoms with Gasteiger partial charge >= 0.3 is 5.97 Å². The minimum Gasteiger partial charge on any atom is -0.481 e. The summed E-state index contributed by atoms with van der Waals surface area (Å²) in [7, 11) is -3.57. The first-order valence-corrected chi connectivity index (χ1v) is 12.1. The molecule has 160 valence electrons. The molecule has 2 aliphatic carbocycles. The largest absolute Gasteiger partial charge is 0.481 e. The number of aliphatic carboxylic acids is 1. The average molecular weight is 420 g/mol. The number of unbranched alkanes of at least 4 members (excludes halogenated alkanes) is 1. The molecule has 3 rings (SSSR count). The molecule has 4 atom stereocenters. The van der Waals surface area contributed by atoms with Crippen molar-refractivity contribution in [3.63, 3.8) is 0 Å². The summed E-state index contributed by atoms with van der Waals surface area (Å²) in [5.41, 5.74) is 2.67. The number of carbonyl (C=O) groups is 1. The Morgan fingerprint density at radius 3 is 2.45 bits per heavy atom. The third kappa shape index (κ3) is 5.10. The van der Waals surface area contributed by atoms with Crippen LogP contribution in [0, 0.1) is 38.5 Å². The molecule has 0 radical (unpaired) electrons. The molecule has 2 bridgehead atoms. The van der Waals surface area contributed by atoms with Crippen LogP contribution in [0.25, 0.3) is 0 Å². The fourth-order valence-corrected chi connectivity index (χ4v) is 7.31. The molecule has 2 aliphatic rings. The lowest BCUT2D eigenvalue weighted by atomic mass is 9.83. The molecule has 0 amide bonds. The molecule has 0 aliphatic heterocycles. The Balaban J connectivity index is 1.70. The first kappa shape index (κ1) is 22.0. The van der Waals surface area contributed by atoms with Crippen LogP contribution in [0.2, 0.25) is 0 Å². The molecule has 0 spiro atoms. The normalized spacial score (nSPS) is 26.4. The minimum absolute atomic E-state index is 0.0116. The summed E-state index contributed by atoms with van der Waals surface area (Å²) in [4.78, 5) is 11.0. The Labute approximate surface area is 174 Å². The SMILES string of the molecule is Cc1cc(C)c(S(=O)(=O)N[C@@H]2[C@@H]3CC[C@@H](C3)[C@H]2C/C=C\CCCC(=O)O)c(C)c1. The van der Waals surface area contributed by atoms with Gasteiger partial charge in [-0.3, -0.25) is 4.79 Å². The lowest BCUT2D eigenvalue weighted by Crippen LogP contribution is -2.44. The van der Waals surface area contributed by atoms with Crippen LogP contribution in [0.3, 0.4) is 0 Å². The van der Waals surface area contributed by atoms with E-state index in [0.717, 1.165) is 42.4 Å². The van der Waals surface area contributed by atoms with Crippen molar-refractivity contribution in [2.24, 2.45) is 17.8 Å². The van der Waals surface area contributed by atoms with Crippen LogP contribution in [-0.4, -0.2) is 25.5 Å². The van der Waals surface area contributed by atoms with Crippen molar-refractivity contribution in [1.82, 2.24) is 4.72 Å². The highest BCUT2D eigenvalue weighted by atomic mass is 32.2. The van der Waals surface area contributed by atoms with Crippen LogP contribution < -0.4 is 4.72 Å². The minimum atomic E-state index is -3.57. The Kier molecular flexibility index (Phi) is 6.84. The lowest BCUT2D eigenvalue weighted by Gasteiger charge is -2.31. The molecule has 1 aromatic rings. The summed E-state index contributed by atoms with van der Waals surface area (Å²) >= 11 is 0. The Bertz CT molecular complexity index is 867. The summed E-state index contributed by atoms with van der Waals surface area (Å²) in [5, 5.41) is 8.72. The van der Waals surface area contributed by atoms with Crippen molar-refractivity contribution in [2.45, 2.75) is 76.7 Å². The maximum atomic E-state index is 13.3. The molecule has 1 aromatic carbocycles. The van der Waals surface area contributed by atoms with E-state index in [-0.39, 0.29) is 12.5 Å². The molecule has 0 aromatic heterocycles. The Hall–Kier alpha value is -1.66. The standard InChI is InChI=1S/C23H33NO4S/c1-15-12-16(2)23(17(3)13-15)29(27,28)24-22-19-11-10-18(14-19)20(22)8-6-4-5-7-9-21(25)26/h4,6,12-13,18-20,22,24H,5,7-11,14H2,1-3H3,(H,25,26)/b6-4-/t18-,19+,20+,22+/m0/s1. The Morgan fingerprint density at radius 2 is 1.79 bits per heavy atom. The van der Waals surface area contributed by atoms with Crippen molar-refractivity contribution in [2.75, 3.05) is 0 Å². The van der Waals surface area contributed by atoms with E-state index < -0.39 is 16.0 Å². The van der Waals surface area contributed by atoms with E-state index >= 15 is 0 Å². The lowest BCUT2D eigenvalue weighted by molar-refractivity contribution is -0.137. The number of hydrogen-bond donors (Lipinski definition) is 2. The summed E-state index contributed by atoms with van der Waals surface area (Å²) < 4.78 is 29.6. The molecule has 0 saturated heterocycles. The number of rotatable bonds is 9. The number of aryl methyl sites for hydroxylation is 3. The first-order valence-electron chi connectivity index (χ1n) is 10.7. The summed E-state index contributed by atoms with van der Waals surface area (Å²) in [6.07, 6.45) is 10.0. The zero-order valence-corrected chi connectivity index (χ0v) is 18.5. The number of allylic oxidation sites excluding steroid dienone is 2.